The van der Waals surface area contributed by atoms with Gasteiger partial charge in [-0.05, 0) is 25.0 Å². The lowest BCUT2D eigenvalue weighted by atomic mass is 10.0. The van der Waals surface area contributed by atoms with Crippen molar-refractivity contribution in [2.75, 3.05) is 11.9 Å². The Kier molecular flexibility index (Phi) is 4.59. The lowest BCUT2D eigenvalue weighted by molar-refractivity contribution is 0.222. The van der Waals surface area contributed by atoms with Crippen LogP contribution in [0, 0.1) is 5.92 Å². The van der Waals surface area contributed by atoms with E-state index in [1.165, 1.54) is 18.2 Å². The highest BCUT2D eigenvalue weighted by atomic mass is 32.2. The Morgan fingerprint density at radius 3 is 2.65 bits per heavy atom. The van der Waals surface area contributed by atoms with Crippen LogP contribution in [0.4, 0.5) is 14.5 Å². The van der Waals surface area contributed by atoms with Crippen molar-refractivity contribution in [1.29, 1.82) is 0 Å². The zero-order valence-electron chi connectivity index (χ0n) is 10.8. The van der Waals surface area contributed by atoms with Crippen molar-refractivity contribution in [1.82, 2.24) is 0 Å². The molecule has 0 bridgehead atoms. The summed E-state index contributed by atoms with van der Waals surface area (Å²) in [7, 11) is -4.63. The minimum absolute atomic E-state index is 0.00142. The lowest BCUT2D eigenvalue weighted by Crippen LogP contribution is -2.27. The van der Waals surface area contributed by atoms with Crippen LogP contribution in [-0.2, 0) is 9.84 Å². The van der Waals surface area contributed by atoms with Gasteiger partial charge in [0, 0.05) is 18.6 Å². The van der Waals surface area contributed by atoms with Gasteiger partial charge in [0.1, 0.15) is 0 Å². The summed E-state index contributed by atoms with van der Waals surface area (Å²) in [5, 5.41) is 12.3. The number of halogens is 2. The molecular weight excluding hydrogens is 288 g/mol. The number of sulfone groups is 1. The maximum Gasteiger partial charge on any atom is 0.341 e. The van der Waals surface area contributed by atoms with Crippen LogP contribution in [0.5, 0.6) is 0 Å². The predicted octanol–water partition coefficient (Wildman–Crippen LogP) is 2.26. The van der Waals surface area contributed by atoms with Crippen molar-refractivity contribution in [2.24, 2.45) is 5.92 Å². The molecule has 20 heavy (non-hydrogen) atoms. The Balaban J connectivity index is 2.29. The summed E-state index contributed by atoms with van der Waals surface area (Å²) < 4.78 is 48.6. The molecule has 0 radical (unpaired) electrons. The normalized spacial score (nSPS) is 23.2. The second-order valence-corrected chi connectivity index (χ2v) is 6.81. The number of benzene rings is 1. The van der Waals surface area contributed by atoms with Crippen molar-refractivity contribution in [3.63, 3.8) is 0 Å². The third-order valence-corrected chi connectivity index (χ3v) is 5.10. The second kappa shape index (κ2) is 6.05. The largest absolute Gasteiger partial charge is 0.396 e. The average molecular weight is 305 g/mol. The summed E-state index contributed by atoms with van der Waals surface area (Å²) in [6.07, 6.45) is 2.55. The Labute approximate surface area is 116 Å². The molecule has 0 aliphatic heterocycles. The fraction of sp³-hybridized carbons (Fsp3) is 0.538. The molecule has 2 unspecified atom stereocenters. The van der Waals surface area contributed by atoms with Crippen molar-refractivity contribution in [3.8, 4) is 0 Å². The number of hydrogen-bond acceptors (Lipinski definition) is 4. The van der Waals surface area contributed by atoms with Crippen molar-refractivity contribution in [2.45, 2.75) is 36.0 Å². The van der Waals surface area contributed by atoms with Gasteiger partial charge in [0.05, 0.1) is 10.6 Å². The van der Waals surface area contributed by atoms with Gasteiger partial charge in [0.2, 0.25) is 9.84 Å². The van der Waals surface area contributed by atoms with Crippen LogP contribution in [-0.4, -0.2) is 31.9 Å². The molecule has 2 atom stereocenters. The van der Waals surface area contributed by atoms with E-state index in [2.05, 4.69) is 5.32 Å². The van der Waals surface area contributed by atoms with E-state index < -0.39 is 20.5 Å². The fourth-order valence-corrected chi connectivity index (χ4v) is 3.47. The highest BCUT2D eigenvalue weighted by molar-refractivity contribution is 7.91. The summed E-state index contributed by atoms with van der Waals surface area (Å²) >= 11 is 0. The monoisotopic (exact) mass is 305 g/mol. The highest BCUT2D eigenvalue weighted by Gasteiger charge is 2.31. The van der Waals surface area contributed by atoms with Crippen LogP contribution < -0.4 is 5.32 Å². The van der Waals surface area contributed by atoms with E-state index >= 15 is 0 Å². The van der Waals surface area contributed by atoms with Crippen molar-refractivity contribution < 1.29 is 22.3 Å². The van der Waals surface area contributed by atoms with Crippen LogP contribution in [0.1, 0.15) is 19.3 Å². The summed E-state index contributed by atoms with van der Waals surface area (Å²) in [5.41, 5.74) is 0.179. The maximum atomic E-state index is 12.7. The van der Waals surface area contributed by atoms with Gasteiger partial charge in [-0.25, -0.2) is 8.42 Å². The maximum absolute atomic E-state index is 12.7. The molecule has 1 saturated carbocycles. The molecule has 0 spiro atoms. The van der Waals surface area contributed by atoms with E-state index in [0.717, 1.165) is 19.3 Å². The van der Waals surface area contributed by atoms with Crippen LogP contribution in [0.15, 0.2) is 29.2 Å². The lowest BCUT2D eigenvalue weighted by Gasteiger charge is -2.22. The average Bonchev–Trinajstić information content (AvgIpc) is 2.86. The molecule has 0 aromatic heterocycles. The molecule has 0 heterocycles. The first-order valence-corrected chi connectivity index (χ1v) is 8.00. The van der Waals surface area contributed by atoms with Gasteiger partial charge in [-0.15, -0.1) is 0 Å². The van der Waals surface area contributed by atoms with Crippen molar-refractivity contribution >= 4 is 15.5 Å². The van der Waals surface area contributed by atoms with Gasteiger partial charge < -0.3 is 10.4 Å². The number of rotatable bonds is 5. The Morgan fingerprint density at radius 1 is 1.30 bits per heavy atom. The Morgan fingerprint density at radius 2 is 2.00 bits per heavy atom. The van der Waals surface area contributed by atoms with Gasteiger partial charge in [-0.2, -0.15) is 8.78 Å². The SMILES string of the molecule is O=S(=O)(c1ccccc1NC1CCCC1CO)C(F)F. The quantitative estimate of drug-likeness (QED) is 0.875. The summed E-state index contributed by atoms with van der Waals surface area (Å²) in [6.45, 7) is 0.00142. The molecule has 1 aliphatic carbocycles. The van der Waals surface area contributed by atoms with Crippen LogP contribution >= 0.6 is 0 Å². The summed E-state index contributed by atoms with van der Waals surface area (Å²) in [4.78, 5) is -0.390. The molecule has 7 heteroatoms. The first kappa shape index (κ1) is 15.2. The van der Waals surface area contributed by atoms with E-state index in [9.17, 15) is 22.3 Å². The number of hydrogen-bond donors (Lipinski definition) is 2. The van der Waals surface area contributed by atoms with Gasteiger partial charge >= 0.3 is 5.76 Å². The third kappa shape index (κ3) is 2.93. The van der Waals surface area contributed by atoms with Gasteiger partial charge in [0.25, 0.3) is 0 Å². The van der Waals surface area contributed by atoms with E-state index in [1.54, 1.807) is 6.07 Å². The number of alkyl halides is 2. The topological polar surface area (TPSA) is 66.4 Å². The molecule has 1 aromatic rings. The third-order valence-electron chi connectivity index (χ3n) is 3.66. The molecule has 4 nitrogen and oxygen atoms in total. The van der Waals surface area contributed by atoms with Gasteiger partial charge in [-0.1, -0.05) is 18.6 Å². The first-order chi connectivity index (χ1) is 9.46. The molecular formula is C13H17F2NO3S. The van der Waals surface area contributed by atoms with Gasteiger partial charge in [0.15, 0.2) is 0 Å². The molecule has 2 rings (SSSR count). The standard InChI is InChI=1S/C13H17F2NO3S/c14-13(15)20(18,19)12-7-2-1-5-11(12)16-10-6-3-4-9(10)8-17/h1-2,5,7,9-10,13,16-17H,3-4,6,8H2. The summed E-state index contributed by atoms with van der Waals surface area (Å²) in [5.74, 6) is -3.42. The number of para-hydroxylation sites is 1. The molecule has 0 saturated heterocycles. The minimum atomic E-state index is -4.63. The molecule has 112 valence electrons. The number of aliphatic hydroxyl groups excluding tert-OH is 1. The molecule has 1 aromatic carbocycles. The molecule has 1 aliphatic rings. The van der Waals surface area contributed by atoms with Crippen LogP contribution in [0.25, 0.3) is 0 Å². The zero-order valence-corrected chi connectivity index (χ0v) is 11.6. The smallest absolute Gasteiger partial charge is 0.341 e. The predicted molar refractivity (Wildman–Crippen MR) is 71.5 cm³/mol. The second-order valence-electron chi connectivity index (χ2n) is 4.93. The Bertz CT molecular complexity index is 562. The van der Waals surface area contributed by atoms with E-state index in [1.807, 2.05) is 0 Å². The molecule has 0 amide bonds. The highest BCUT2D eigenvalue weighted by Crippen LogP contribution is 2.32. The minimum Gasteiger partial charge on any atom is -0.396 e. The number of aliphatic hydroxyl groups is 1. The summed E-state index contributed by atoms with van der Waals surface area (Å²) in [6, 6.07) is 5.57. The van der Waals surface area contributed by atoms with E-state index in [-0.39, 0.29) is 24.3 Å². The number of anilines is 1. The molecule has 2 N–H and O–H groups in total. The van der Waals surface area contributed by atoms with Crippen LogP contribution in [0.2, 0.25) is 0 Å². The van der Waals surface area contributed by atoms with Crippen molar-refractivity contribution in [3.05, 3.63) is 24.3 Å². The van der Waals surface area contributed by atoms with E-state index in [4.69, 9.17) is 0 Å². The van der Waals surface area contributed by atoms with Gasteiger partial charge in [-0.3, -0.25) is 0 Å². The first-order valence-electron chi connectivity index (χ1n) is 6.45. The fourth-order valence-electron chi connectivity index (χ4n) is 2.58. The number of nitrogens with one attached hydrogen (secondary N) is 1. The zero-order chi connectivity index (χ0) is 14.8. The van der Waals surface area contributed by atoms with Crippen LogP contribution in [0.3, 0.4) is 0 Å². The van der Waals surface area contributed by atoms with E-state index in [0.29, 0.717) is 0 Å². The Hall–Kier alpha value is -1.21. The molecule has 1 fully saturated rings.